The highest BCUT2D eigenvalue weighted by molar-refractivity contribution is 6.42. The lowest BCUT2D eigenvalue weighted by molar-refractivity contribution is 0.448. The maximum absolute atomic E-state index is 9.05. The van der Waals surface area contributed by atoms with E-state index in [-0.39, 0.29) is 5.88 Å². The van der Waals surface area contributed by atoms with Crippen molar-refractivity contribution < 1.29 is 5.11 Å². The van der Waals surface area contributed by atoms with Crippen LogP contribution in [0.4, 0.5) is 0 Å². The lowest BCUT2D eigenvalue weighted by atomic mass is 10.3. The normalized spacial score (nSPS) is 10.4. The van der Waals surface area contributed by atoms with Crippen LogP contribution in [0.1, 0.15) is 0 Å². The van der Waals surface area contributed by atoms with Crippen molar-refractivity contribution in [2.75, 3.05) is 0 Å². The Bertz CT molecular complexity index is 468. The zero-order valence-corrected chi connectivity index (χ0v) is 8.50. The molecule has 3 nitrogen and oxygen atoms in total. The highest BCUT2D eigenvalue weighted by Crippen LogP contribution is 2.24. The summed E-state index contributed by atoms with van der Waals surface area (Å²) in [4.78, 5) is 0. The van der Waals surface area contributed by atoms with Gasteiger partial charge in [-0.2, -0.15) is 0 Å². The van der Waals surface area contributed by atoms with Crippen LogP contribution < -0.4 is 0 Å². The van der Waals surface area contributed by atoms with Gasteiger partial charge in [0.25, 0.3) is 0 Å². The predicted molar refractivity (Wildman–Crippen MR) is 55.2 cm³/mol. The summed E-state index contributed by atoms with van der Waals surface area (Å²) in [7, 11) is 0. The van der Waals surface area contributed by atoms with Crippen LogP contribution in [0.25, 0.3) is 5.69 Å². The fourth-order valence-corrected chi connectivity index (χ4v) is 1.38. The van der Waals surface area contributed by atoms with Gasteiger partial charge in [-0.1, -0.05) is 23.2 Å². The molecule has 0 atom stereocenters. The number of hydrogen-bond acceptors (Lipinski definition) is 2. The summed E-state index contributed by atoms with van der Waals surface area (Å²) >= 11 is 11.6. The van der Waals surface area contributed by atoms with Crippen molar-refractivity contribution in [3.8, 4) is 11.6 Å². The molecule has 0 aliphatic heterocycles. The molecule has 0 fully saturated rings. The van der Waals surface area contributed by atoms with Gasteiger partial charge in [0.1, 0.15) is 0 Å². The van der Waals surface area contributed by atoms with E-state index in [4.69, 9.17) is 28.3 Å². The van der Waals surface area contributed by atoms with Gasteiger partial charge in [0.15, 0.2) is 0 Å². The summed E-state index contributed by atoms with van der Waals surface area (Å²) < 4.78 is 1.51. The third-order valence-electron chi connectivity index (χ3n) is 1.74. The first kappa shape index (κ1) is 9.37. The fraction of sp³-hybridized carbons (Fsp3) is 0. The van der Waals surface area contributed by atoms with Gasteiger partial charge in [-0.15, -0.1) is 5.10 Å². The number of halogens is 2. The second-order valence-corrected chi connectivity index (χ2v) is 3.53. The van der Waals surface area contributed by atoms with Gasteiger partial charge in [-0.05, 0) is 18.2 Å². The van der Waals surface area contributed by atoms with E-state index in [9.17, 15) is 0 Å². The number of benzene rings is 1. The quantitative estimate of drug-likeness (QED) is 0.816. The van der Waals surface area contributed by atoms with Crippen molar-refractivity contribution in [1.29, 1.82) is 0 Å². The van der Waals surface area contributed by atoms with Crippen molar-refractivity contribution in [1.82, 2.24) is 9.78 Å². The monoisotopic (exact) mass is 228 g/mol. The molecule has 1 aromatic heterocycles. The molecule has 0 aliphatic carbocycles. The van der Waals surface area contributed by atoms with Gasteiger partial charge in [0.05, 0.1) is 15.7 Å². The number of aromatic nitrogens is 2. The van der Waals surface area contributed by atoms with Gasteiger partial charge >= 0.3 is 0 Å². The summed E-state index contributed by atoms with van der Waals surface area (Å²) in [5, 5.41) is 13.8. The van der Waals surface area contributed by atoms with Crippen LogP contribution >= 0.6 is 23.2 Å². The summed E-state index contributed by atoms with van der Waals surface area (Å²) in [5.74, 6) is -0.0314. The minimum absolute atomic E-state index is 0.0314. The van der Waals surface area contributed by atoms with Crippen molar-refractivity contribution >= 4 is 23.2 Å². The Morgan fingerprint density at radius 1 is 1.14 bits per heavy atom. The molecule has 14 heavy (non-hydrogen) atoms. The molecule has 0 amide bonds. The van der Waals surface area contributed by atoms with Gasteiger partial charge in [0, 0.05) is 12.3 Å². The van der Waals surface area contributed by atoms with E-state index in [2.05, 4.69) is 5.10 Å². The van der Waals surface area contributed by atoms with Crippen LogP contribution in [0.3, 0.4) is 0 Å². The number of aromatic hydroxyl groups is 1. The summed E-state index contributed by atoms with van der Waals surface area (Å²) in [6, 6.07) is 6.61. The Labute approximate surface area is 90.5 Å². The molecule has 72 valence electrons. The van der Waals surface area contributed by atoms with Gasteiger partial charge in [0.2, 0.25) is 5.88 Å². The van der Waals surface area contributed by atoms with Crippen LogP contribution in [0.2, 0.25) is 10.0 Å². The van der Waals surface area contributed by atoms with E-state index >= 15 is 0 Å². The summed E-state index contributed by atoms with van der Waals surface area (Å²) in [6.45, 7) is 0. The topological polar surface area (TPSA) is 38.0 Å². The predicted octanol–water partition coefficient (Wildman–Crippen LogP) is 2.88. The maximum atomic E-state index is 9.05. The van der Waals surface area contributed by atoms with Crippen LogP contribution in [0, 0.1) is 0 Å². The van der Waals surface area contributed by atoms with Crippen LogP contribution in [0.5, 0.6) is 5.88 Å². The second kappa shape index (κ2) is 3.52. The summed E-state index contributed by atoms with van der Waals surface area (Å²) in [5.41, 5.74) is 0.750. The van der Waals surface area contributed by atoms with Crippen molar-refractivity contribution in [3.05, 3.63) is 40.5 Å². The maximum Gasteiger partial charge on any atom is 0.230 e. The first-order chi connectivity index (χ1) is 6.66. The van der Waals surface area contributed by atoms with E-state index in [0.717, 1.165) is 5.69 Å². The molecular formula is C9H6Cl2N2O. The SMILES string of the molecule is Oc1ccn(-c2ccc(Cl)c(Cl)c2)n1. The smallest absolute Gasteiger partial charge is 0.230 e. The van der Waals surface area contributed by atoms with E-state index in [0.29, 0.717) is 10.0 Å². The minimum Gasteiger partial charge on any atom is -0.492 e. The zero-order chi connectivity index (χ0) is 10.1. The third kappa shape index (κ3) is 1.69. The number of nitrogens with zero attached hydrogens (tertiary/aromatic N) is 2. The number of hydrogen-bond donors (Lipinski definition) is 1. The van der Waals surface area contributed by atoms with E-state index in [1.807, 2.05) is 0 Å². The Balaban J connectivity index is 2.47. The Morgan fingerprint density at radius 3 is 2.50 bits per heavy atom. The molecule has 0 radical (unpaired) electrons. The molecule has 0 bridgehead atoms. The van der Waals surface area contributed by atoms with Crippen LogP contribution in [-0.2, 0) is 0 Å². The highest BCUT2D eigenvalue weighted by Gasteiger charge is 2.02. The zero-order valence-electron chi connectivity index (χ0n) is 6.98. The third-order valence-corrected chi connectivity index (χ3v) is 2.48. The number of rotatable bonds is 1. The van der Waals surface area contributed by atoms with E-state index < -0.39 is 0 Å². The summed E-state index contributed by atoms with van der Waals surface area (Å²) in [6.07, 6.45) is 1.63. The Morgan fingerprint density at radius 2 is 1.93 bits per heavy atom. The molecule has 0 saturated heterocycles. The largest absolute Gasteiger partial charge is 0.492 e. The minimum atomic E-state index is -0.0314. The molecule has 1 aromatic carbocycles. The first-order valence-corrected chi connectivity index (χ1v) is 4.62. The molecule has 2 rings (SSSR count). The van der Waals surface area contributed by atoms with Crippen molar-refractivity contribution in [3.63, 3.8) is 0 Å². The molecule has 5 heteroatoms. The molecule has 1 N–H and O–H groups in total. The molecule has 0 saturated carbocycles. The molecule has 0 aliphatic rings. The molecule has 0 spiro atoms. The van der Waals surface area contributed by atoms with E-state index in [1.165, 1.54) is 10.7 Å². The molecule has 1 heterocycles. The second-order valence-electron chi connectivity index (χ2n) is 2.72. The molecular weight excluding hydrogens is 223 g/mol. The average molecular weight is 229 g/mol. The van der Waals surface area contributed by atoms with Gasteiger partial charge in [-0.3, -0.25) is 0 Å². The highest BCUT2D eigenvalue weighted by atomic mass is 35.5. The lowest BCUT2D eigenvalue weighted by Gasteiger charge is -2.02. The Hall–Kier alpha value is -1.19. The average Bonchev–Trinajstić information content (AvgIpc) is 2.57. The molecule has 2 aromatic rings. The van der Waals surface area contributed by atoms with Crippen LogP contribution in [0.15, 0.2) is 30.5 Å². The first-order valence-electron chi connectivity index (χ1n) is 3.87. The standard InChI is InChI=1S/C9H6Cl2N2O/c10-7-2-1-6(5-8(7)11)13-4-3-9(14)12-13/h1-5H,(H,12,14). The van der Waals surface area contributed by atoms with Crippen LogP contribution in [-0.4, -0.2) is 14.9 Å². The van der Waals surface area contributed by atoms with Gasteiger partial charge < -0.3 is 5.11 Å². The lowest BCUT2D eigenvalue weighted by Crippen LogP contribution is -1.93. The fourth-order valence-electron chi connectivity index (χ4n) is 1.09. The van der Waals surface area contributed by atoms with Gasteiger partial charge in [-0.25, -0.2) is 4.68 Å². The van der Waals surface area contributed by atoms with Crippen molar-refractivity contribution in [2.45, 2.75) is 0 Å². The van der Waals surface area contributed by atoms with Crippen molar-refractivity contribution in [2.24, 2.45) is 0 Å². The Kier molecular flexibility index (Phi) is 2.35. The van der Waals surface area contributed by atoms with E-state index in [1.54, 1.807) is 24.4 Å². The molecule has 0 unspecified atom stereocenters.